The van der Waals surface area contributed by atoms with Gasteiger partial charge < -0.3 is 35.1 Å². The first-order valence-electron chi connectivity index (χ1n) is 20.4. The molecule has 0 radical (unpaired) electrons. The predicted molar refractivity (Wildman–Crippen MR) is 239 cm³/mol. The van der Waals surface area contributed by atoms with E-state index in [1.54, 1.807) is 49.2 Å². The number of rotatable bonds is 17. The molecule has 0 bridgehead atoms. The Hall–Kier alpha value is -4.70. The van der Waals surface area contributed by atoms with Crippen LogP contribution < -0.4 is 31.3 Å². The molecule has 4 aromatic rings. The molecule has 2 unspecified atom stereocenters. The lowest BCUT2D eigenvalue weighted by Gasteiger charge is -2.46. The number of nitrogens with zero attached hydrogens (tertiary/aromatic N) is 5. The number of halogens is 1. The van der Waals surface area contributed by atoms with Crippen LogP contribution >= 0.6 is 31.0 Å². The molecule has 0 saturated carbocycles. The molecule has 4 heterocycles. The molecule has 3 aliphatic heterocycles. The van der Waals surface area contributed by atoms with Gasteiger partial charge in [-0.15, -0.1) is 11.8 Å². The summed E-state index contributed by atoms with van der Waals surface area (Å²) < 4.78 is 29.5. The fraction of sp³-hybridized carbons (Fsp3) is 0.419. The molecule has 2 fully saturated rings. The lowest BCUT2D eigenvalue weighted by atomic mass is 9.79. The topological polar surface area (TPSA) is 182 Å². The maximum atomic E-state index is 14.5. The highest BCUT2D eigenvalue weighted by Crippen LogP contribution is 2.50. The number of unbranched alkanes of at least 4 members (excludes halogenated alkanes) is 2. The van der Waals surface area contributed by atoms with Crippen molar-refractivity contribution in [3.05, 3.63) is 89.1 Å². The highest BCUT2D eigenvalue weighted by atomic mass is 35.5. The van der Waals surface area contributed by atoms with Crippen molar-refractivity contribution in [2.75, 3.05) is 62.3 Å². The monoisotopic (exact) mass is 890 g/mol. The number of fused-ring (bicyclic) bond motifs is 1. The Balaban J connectivity index is 1.02. The maximum Gasteiger partial charge on any atom is 0.362 e. The molecule has 61 heavy (non-hydrogen) atoms. The average Bonchev–Trinajstić information content (AvgIpc) is 3.50. The molecule has 2 saturated heterocycles. The third-order valence-corrected chi connectivity index (χ3v) is 15.4. The van der Waals surface area contributed by atoms with Gasteiger partial charge in [-0.05, 0) is 87.6 Å². The Bertz CT molecular complexity index is 2310. The number of para-hydroxylation sites is 1. The minimum atomic E-state index is -3.59. The number of amides is 3. The van der Waals surface area contributed by atoms with Crippen LogP contribution in [0.1, 0.15) is 67.8 Å². The Labute approximate surface area is 365 Å². The molecular weight excluding hydrogens is 839 g/mol. The molecule has 324 valence electrons. The van der Waals surface area contributed by atoms with E-state index in [1.807, 2.05) is 43.3 Å². The van der Waals surface area contributed by atoms with E-state index < -0.39 is 12.5 Å². The summed E-state index contributed by atoms with van der Waals surface area (Å²) in [5.41, 5.74) is 9.07. The van der Waals surface area contributed by atoms with E-state index in [0.717, 1.165) is 49.1 Å². The van der Waals surface area contributed by atoms with Gasteiger partial charge in [0.2, 0.25) is 11.9 Å². The smallest absolute Gasteiger partial charge is 0.362 e. The molecule has 3 aromatic carbocycles. The third-order valence-electron chi connectivity index (χ3n) is 11.7. The molecule has 15 nitrogen and oxygen atoms in total. The van der Waals surface area contributed by atoms with Crippen molar-refractivity contribution in [3.8, 4) is 5.75 Å². The molecule has 7 rings (SSSR count). The summed E-state index contributed by atoms with van der Waals surface area (Å²) >= 11 is 8.09. The summed E-state index contributed by atoms with van der Waals surface area (Å²) in [6.07, 6.45) is 6.40. The number of piperidine rings is 2. The summed E-state index contributed by atoms with van der Waals surface area (Å²) in [5, 5.41) is 9.56. The maximum absolute atomic E-state index is 14.5. The number of thioether (sulfide) groups is 1. The number of hydrogen-bond donors (Lipinski definition) is 3. The van der Waals surface area contributed by atoms with E-state index in [0.29, 0.717) is 54.0 Å². The number of carbonyl (C=O) groups excluding carboxylic acids is 3. The summed E-state index contributed by atoms with van der Waals surface area (Å²) in [7, 11) is 0.634. The number of ether oxygens (including phenoxy) is 1. The second-order valence-electron chi connectivity index (χ2n) is 15.3. The normalized spacial score (nSPS) is 19.7. The van der Waals surface area contributed by atoms with Crippen LogP contribution in [-0.4, -0.2) is 84.4 Å². The minimum absolute atomic E-state index is 0.0465. The SMILES string of the molecule is COc1cc(N2CCC(C3CCC(=O)N(N4C(=O)c5ccccc5C4(C)SCCCCCN)C3=O)CC2)ccc1Nc1ncc(Cl)c(Nc2ccccc2P(=O)(OC)OC)n1. The number of nitrogens with one attached hydrogen (secondary N) is 2. The summed E-state index contributed by atoms with van der Waals surface area (Å²) in [4.78, 5) is 52.5. The van der Waals surface area contributed by atoms with Crippen LogP contribution in [0.25, 0.3) is 0 Å². The lowest BCUT2D eigenvalue weighted by Crippen LogP contribution is -2.61. The van der Waals surface area contributed by atoms with Gasteiger partial charge in [0, 0.05) is 62.5 Å². The first-order valence-corrected chi connectivity index (χ1v) is 23.3. The highest BCUT2D eigenvalue weighted by molar-refractivity contribution is 8.00. The van der Waals surface area contributed by atoms with E-state index in [9.17, 15) is 18.9 Å². The quantitative estimate of drug-likeness (QED) is 0.0530. The Kier molecular flexibility index (Phi) is 13.9. The van der Waals surface area contributed by atoms with Crippen molar-refractivity contribution in [2.45, 2.75) is 56.7 Å². The van der Waals surface area contributed by atoms with Gasteiger partial charge in [0.1, 0.15) is 15.6 Å². The number of methoxy groups -OCH3 is 1. The van der Waals surface area contributed by atoms with E-state index in [1.165, 1.54) is 30.4 Å². The van der Waals surface area contributed by atoms with Crippen LogP contribution in [0.5, 0.6) is 5.75 Å². The summed E-state index contributed by atoms with van der Waals surface area (Å²) in [6.45, 7) is 3.97. The van der Waals surface area contributed by atoms with Gasteiger partial charge >= 0.3 is 7.60 Å². The number of carbonyl (C=O) groups is 3. The van der Waals surface area contributed by atoms with Crippen LogP contribution in [0, 0.1) is 11.8 Å². The van der Waals surface area contributed by atoms with Gasteiger partial charge in [-0.25, -0.2) is 9.99 Å². The third kappa shape index (κ3) is 8.98. The molecule has 0 aliphatic carbocycles. The fourth-order valence-electron chi connectivity index (χ4n) is 8.44. The standard InChI is InChI=1S/C43H52ClN8O7PS/c1-43(61-25-11-5-10-22-45)32-13-7-6-12-31(32)41(55)52(43)51-38(53)19-17-30(40(51)54)28-20-23-50(24-21-28)29-16-18-34(36(26-29)57-2)48-42-46-27-33(44)39(49-42)47-35-14-8-9-15-37(35)60(56,58-3)59-4/h6-9,12-16,18,26-28,30H,5,10-11,17,19-25,45H2,1-4H3,(H2,46,47,48,49). The number of anilines is 5. The second kappa shape index (κ2) is 19.1. The number of hydrazine groups is 1. The van der Waals surface area contributed by atoms with Crippen molar-refractivity contribution in [1.29, 1.82) is 0 Å². The molecular formula is C43H52ClN8O7PS. The number of nitrogens with two attached hydrogens (primary N) is 1. The second-order valence-corrected chi connectivity index (χ2v) is 19.4. The van der Waals surface area contributed by atoms with Crippen molar-refractivity contribution in [3.63, 3.8) is 0 Å². The van der Waals surface area contributed by atoms with Crippen LogP contribution in [0.2, 0.25) is 5.02 Å². The van der Waals surface area contributed by atoms with Crippen molar-refractivity contribution < 1.29 is 32.7 Å². The fourth-order valence-corrected chi connectivity index (χ4v) is 11.2. The van der Waals surface area contributed by atoms with Crippen molar-refractivity contribution >= 4 is 82.8 Å². The zero-order valence-corrected chi connectivity index (χ0v) is 37.2. The Morgan fingerprint density at radius 3 is 2.41 bits per heavy atom. The van der Waals surface area contributed by atoms with E-state index in [-0.39, 0.29) is 52.8 Å². The zero-order chi connectivity index (χ0) is 43.3. The molecule has 1 aromatic heterocycles. The van der Waals surface area contributed by atoms with E-state index in [4.69, 9.17) is 31.1 Å². The average molecular weight is 891 g/mol. The van der Waals surface area contributed by atoms with Crippen molar-refractivity contribution in [2.24, 2.45) is 17.6 Å². The van der Waals surface area contributed by atoms with E-state index >= 15 is 0 Å². The first kappa shape index (κ1) is 44.4. The van der Waals surface area contributed by atoms with Gasteiger partial charge in [0.25, 0.3) is 11.8 Å². The molecule has 4 N–H and O–H groups in total. The largest absolute Gasteiger partial charge is 0.494 e. The molecule has 18 heteroatoms. The molecule has 3 aliphatic rings. The lowest BCUT2D eigenvalue weighted by molar-refractivity contribution is -0.173. The number of imide groups is 1. The van der Waals surface area contributed by atoms with Gasteiger partial charge in [-0.1, -0.05) is 48.4 Å². The van der Waals surface area contributed by atoms with E-state index in [2.05, 4.69) is 25.5 Å². The van der Waals surface area contributed by atoms with Gasteiger partial charge in [0.05, 0.1) is 30.0 Å². The van der Waals surface area contributed by atoms with Crippen LogP contribution in [0.4, 0.5) is 28.8 Å². The number of hydrogen-bond acceptors (Lipinski definition) is 14. The zero-order valence-electron chi connectivity index (χ0n) is 34.8. The Morgan fingerprint density at radius 1 is 0.934 bits per heavy atom. The highest BCUT2D eigenvalue weighted by Gasteiger charge is 2.55. The van der Waals surface area contributed by atoms with Crippen LogP contribution in [-0.2, 0) is 28.1 Å². The molecule has 3 amide bonds. The molecule has 0 spiro atoms. The van der Waals surface area contributed by atoms with Crippen LogP contribution in [0.3, 0.4) is 0 Å². The van der Waals surface area contributed by atoms with Gasteiger partial charge in [0.15, 0.2) is 5.82 Å². The van der Waals surface area contributed by atoms with Crippen molar-refractivity contribution in [1.82, 2.24) is 20.0 Å². The summed E-state index contributed by atoms with van der Waals surface area (Å²) in [5.74, 6) is 0.549. The summed E-state index contributed by atoms with van der Waals surface area (Å²) in [6, 6.07) is 20.1. The first-order chi connectivity index (χ1) is 29.5. The number of aromatic nitrogens is 2. The van der Waals surface area contributed by atoms with Gasteiger partial charge in [-0.3, -0.25) is 18.9 Å². The predicted octanol–water partition coefficient (Wildman–Crippen LogP) is 7.82. The minimum Gasteiger partial charge on any atom is -0.494 e. The number of benzene rings is 3. The Morgan fingerprint density at radius 2 is 1.67 bits per heavy atom. The van der Waals surface area contributed by atoms with Crippen LogP contribution in [0.15, 0.2) is 72.9 Å². The van der Waals surface area contributed by atoms with Gasteiger partial charge in [-0.2, -0.15) is 9.99 Å². The molecule has 2 atom stereocenters.